The zero-order valence-corrected chi connectivity index (χ0v) is 18.7. The van der Waals surface area contributed by atoms with E-state index in [1.54, 1.807) is 23.1 Å². The lowest BCUT2D eigenvalue weighted by atomic mass is 10.1. The zero-order chi connectivity index (χ0) is 21.9. The number of halogens is 1. The molecule has 0 spiro atoms. The lowest BCUT2D eigenvalue weighted by Gasteiger charge is -2.30. The summed E-state index contributed by atoms with van der Waals surface area (Å²) in [5, 5.41) is 3.60. The van der Waals surface area contributed by atoms with Gasteiger partial charge in [0.05, 0.1) is 0 Å². The molecule has 1 N–H and O–H groups in total. The number of hydrogen-bond acceptors (Lipinski definition) is 3. The van der Waals surface area contributed by atoms with Crippen molar-refractivity contribution < 1.29 is 14.3 Å². The van der Waals surface area contributed by atoms with Gasteiger partial charge in [0.25, 0.3) is 5.91 Å². The summed E-state index contributed by atoms with van der Waals surface area (Å²) in [7, 11) is 0. The van der Waals surface area contributed by atoms with Crippen LogP contribution in [0.4, 0.5) is 0 Å². The molecule has 2 aromatic rings. The van der Waals surface area contributed by atoms with Gasteiger partial charge >= 0.3 is 0 Å². The van der Waals surface area contributed by atoms with Gasteiger partial charge in [0.15, 0.2) is 6.61 Å². The molecule has 162 valence electrons. The summed E-state index contributed by atoms with van der Waals surface area (Å²) >= 11 is 6.06. The second-order valence-corrected chi connectivity index (χ2v) is 7.68. The van der Waals surface area contributed by atoms with Crippen LogP contribution in [-0.4, -0.2) is 35.9 Å². The van der Waals surface area contributed by atoms with Crippen LogP contribution in [0.25, 0.3) is 0 Å². The number of aryl methyl sites for hydroxylation is 1. The average molecular weight is 431 g/mol. The second kappa shape index (κ2) is 12.2. The third-order valence-corrected chi connectivity index (χ3v) is 5.33. The first-order valence-electron chi connectivity index (χ1n) is 10.5. The molecule has 2 rings (SSSR count). The monoisotopic (exact) mass is 430 g/mol. The normalized spacial score (nSPS) is 11.6. The van der Waals surface area contributed by atoms with Crippen LogP contribution in [0.2, 0.25) is 5.02 Å². The van der Waals surface area contributed by atoms with Crippen LogP contribution in [0, 0.1) is 6.92 Å². The maximum absolute atomic E-state index is 13.1. The summed E-state index contributed by atoms with van der Waals surface area (Å²) in [6.07, 6.45) is 2.43. The lowest BCUT2D eigenvalue weighted by Crippen LogP contribution is -2.50. The largest absolute Gasteiger partial charge is 0.484 e. The van der Waals surface area contributed by atoms with Gasteiger partial charge in [-0.3, -0.25) is 9.59 Å². The molecule has 0 aliphatic rings. The van der Waals surface area contributed by atoms with Gasteiger partial charge in [0, 0.05) is 18.1 Å². The second-order valence-electron chi connectivity index (χ2n) is 7.28. The minimum Gasteiger partial charge on any atom is -0.484 e. The van der Waals surface area contributed by atoms with Gasteiger partial charge in [-0.2, -0.15) is 0 Å². The van der Waals surface area contributed by atoms with Crippen LogP contribution in [-0.2, 0) is 16.1 Å². The van der Waals surface area contributed by atoms with E-state index >= 15 is 0 Å². The molecular weight excluding hydrogens is 400 g/mol. The number of nitrogens with one attached hydrogen (secondary N) is 1. The highest BCUT2D eigenvalue weighted by molar-refractivity contribution is 6.31. The first-order valence-corrected chi connectivity index (χ1v) is 10.8. The van der Waals surface area contributed by atoms with Crippen LogP contribution in [0.3, 0.4) is 0 Å². The standard InChI is InChI=1S/C24H31ClN2O3/c1-4-6-14-26-24(29)22(5-2)27(16-19-10-8-7-9-11-19)23(28)17-30-20-12-13-21(25)18(3)15-20/h7-13,15,22H,4-6,14,16-17H2,1-3H3,(H,26,29)/t22-/m0/s1. The molecule has 5 nitrogen and oxygen atoms in total. The Kier molecular flexibility index (Phi) is 9.68. The Morgan fingerprint density at radius 3 is 2.50 bits per heavy atom. The van der Waals surface area contributed by atoms with Crippen molar-refractivity contribution in [3.8, 4) is 5.75 Å². The summed E-state index contributed by atoms with van der Waals surface area (Å²) < 4.78 is 5.71. The van der Waals surface area contributed by atoms with Crippen LogP contribution >= 0.6 is 11.6 Å². The van der Waals surface area contributed by atoms with Crippen molar-refractivity contribution in [2.75, 3.05) is 13.2 Å². The van der Waals surface area contributed by atoms with E-state index in [0.29, 0.717) is 30.3 Å². The summed E-state index contributed by atoms with van der Waals surface area (Å²) in [6.45, 7) is 6.69. The molecule has 0 saturated heterocycles. The highest BCUT2D eigenvalue weighted by atomic mass is 35.5. The summed E-state index contributed by atoms with van der Waals surface area (Å²) in [5.74, 6) is 0.215. The number of rotatable bonds is 11. The highest BCUT2D eigenvalue weighted by Gasteiger charge is 2.28. The number of benzene rings is 2. The van der Waals surface area contributed by atoms with Gasteiger partial charge in [0.2, 0.25) is 5.91 Å². The number of carbonyl (C=O) groups is 2. The number of unbranched alkanes of at least 4 members (excludes halogenated alkanes) is 1. The predicted octanol–water partition coefficient (Wildman–Crippen LogP) is 4.75. The quantitative estimate of drug-likeness (QED) is 0.523. The third kappa shape index (κ3) is 7.06. The number of carbonyl (C=O) groups excluding carboxylic acids is 2. The summed E-state index contributed by atoms with van der Waals surface area (Å²) in [4.78, 5) is 27.5. The van der Waals surface area contributed by atoms with Gasteiger partial charge in [-0.05, 0) is 49.1 Å². The van der Waals surface area contributed by atoms with Gasteiger partial charge < -0.3 is 15.0 Å². The van der Waals surface area contributed by atoms with E-state index in [4.69, 9.17) is 16.3 Å². The highest BCUT2D eigenvalue weighted by Crippen LogP contribution is 2.21. The van der Waals surface area contributed by atoms with E-state index in [1.807, 2.05) is 44.2 Å². The Bertz CT molecular complexity index is 826. The van der Waals surface area contributed by atoms with Gasteiger partial charge in [-0.15, -0.1) is 0 Å². The minimum atomic E-state index is -0.551. The molecule has 0 radical (unpaired) electrons. The SMILES string of the molecule is CCCCNC(=O)[C@H](CC)N(Cc1ccccc1)C(=O)COc1ccc(Cl)c(C)c1. The Labute approximate surface area is 184 Å². The van der Waals surface area contributed by atoms with Crippen molar-refractivity contribution in [2.24, 2.45) is 0 Å². The molecule has 6 heteroatoms. The molecule has 2 amide bonds. The first-order chi connectivity index (χ1) is 14.5. The summed E-state index contributed by atoms with van der Waals surface area (Å²) in [5.41, 5.74) is 1.84. The van der Waals surface area contributed by atoms with E-state index in [9.17, 15) is 9.59 Å². The fraction of sp³-hybridized carbons (Fsp3) is 0.417. The average Bonchev–Trinajstić information content (AvgIpc) is 2.75. The number of hydrogen-bond donors (Lipinski definition) is 1. The minimum absolute atomic E-state index is 0.127. The molecule has 0 aliphatic heterocycles. The molecule has 2 aromatic carbocycles. The molecule has 30 heavy (non-hydrogen) atoms. The number of nitrogens with zero attached hydrogens (tertiary/aromatic N) is 1. The predicted molar refractivity (Wildman–Crippen MR) is 121 cm³/mol. The topological polar surface area (TPSA) is 58.6 Å². The van der Waals surface area contributed by atoms with E-state index in [-0.39, 0.29) is 18.4 Å². The molecular formula is C24H31ClN2O3. The van der Waals surface area contributed by atoms with Crippen molar-refractivity contribution in [3.05, 3.63) is 64.7 Å². The van der Waals surface area contributed by atoms with E-state index in [2.05, 4.69) is 12.2 Å². The molecule has 0 fully saturated rings. The maximum Gasteiger partial charge on any atom is 0.261 e. The smallest absolute Gasteiger partial charge is 0.261 e. The van der Waals surface area contributed by atoms with E-state index in [1.165, 1.54) is 0 Å². The summed E-state index contributed by atoms with van der Waals surface area (Å²) in [6, 6.07) is 14.4. The lowest BCUT2D eigenvalue weighted by molar-refractivity contribution is -0.143. The Hall–Kier alpha value is -2.53. The van der Waals surface area contributed by atoms with Crippen molar-refractivity contribution in [3.63, 3.8) is 0 Å². The van der Waals surface area contributed by atoms with Crippen molar-refractivity contribution in [2.45, 2.75) is 52.6 Å². The van der Waals surface area contributed by atoms with Crippen molar-refractivity contribution in [1.29, 1.82) is 0 Å². The zero-order valence-electron chi connectivity index (χ0n) is 18.0. The van der Waals surface area contributed by atoms with Crippen LogP contribution < -0.4 is 10.1 Å². The molecule has 0 aliphatic carbocycles. The molecule has 1 atom stereocenters. The van der Waals surface area contributed by atoms with Gasteiger partial charge in [0.1, 0.15) is 11.8 Å². The maximum atomic E-state index is 13.1. The van der Waals surface area contributed by atoms with Crippen LogP contribution in [0.1, 0.15) is 44.2 Å². The third-order valence-electron chi connectivity index (χ3n) is 4.90. The Morgan fingerprint density at radius 2 is 1.87 bits per heavy atom. The molecule has 0 saturated carbocycles. The Morgan fingerprint density at radius 1 is 1.13 bits per heavy atom. The fourth-order valence-electron chi connectivity index (χ4n) is 3.14. The molecule has 0 bridgehead atoms. The van der Waals surface area contributed by atoms with Crippen LogP contribution in [0.5, 0.6) is 5.75 Å². The number of amides is 2. The first kappa shape index (κ1) is 23.7. The Balaban J connectivity index is 2.14. The van der Waals surface area contributed by atoms with E-state index in [0.717, 1.165) is 24.0 Å². The molecule has 0 unspecified atom stereocenters. The van der Waals surface area contributed by atoms with Crippen LogP contribution in [0.15, 0.2) is 48.5 Å². The van der Waals surface area contributed by atoms with Crippen molar-refractivity contribution >= 4 is 23.4 Å². The van der Waals surface area contributed by atoms with Crippen molar-refractivity contribution in [1.82, 2.24) is 10.2 Å². The molecule has 0 aromatic heterocycles. The van der Waals surface area contributed by atoms with Gasteiger partial charge in [-0.1, -0.05) is 62.2 Å². The fourth-order valence-corrected chi connectivity index (χ4v) is 3.26. The van der Waals surface area contributed by atoms with Gasteiger partial charge in [-0.25, -0.2) is 0 Å². The molecule has 0 heterocycles. The number of ether oxygens (including phenoxy) is 1. The van der Waals surface area contributed by atoms with E-state index < -0.39 is 6.04 Å².